The summed E-state index contributed by atoms with van der Waals surface area (Å²) in [6.45, 7) is 1.43. The highest BCUT2D eigenvalue weighted by Gasteiger charge is 2.28. The third kappa shape index (κ3) is 5.79. The van der Waals surface area contributed by atoms with Crippen LogP contribution >= 0.6 is 11.6 Å². The van der Waals surface area contributed by atoms with Crippen molar-refractivity contribution < 1.29 is 14.3 Å². The minimum Gasteiger partial charge on any atom is -0.388 e. The standard InChI is InChI=1S/C25H28ClFN2O2/c26-22-7-3-6-20(13-22)25(31)21(15-29-9-8-23(27)16-29)14-28-24(30)12-17-10-18-4-1-2-5-19(18)11-17/h1-7,13-14,17,21,23,25,31H,8-12,15-16H2/b28-14+. The molecule has 1 aliphatic carbocycles. The molecule has 164 valence electrons. The number of aliphatic hydroxyl groups excluding tert-OH is 1. The summed E-state index contributed by atoms with van der Waals surface area (Å²) in [6.07, 6.45) is 2.53. The number of hydrogen-bond donors (Lipinski definition) is 1. The summed E-state index contributed by atoms with van der Waals surface area (Å²) in [7, 11) is 0. The van der Waals surface area contributed by atoms with E-state index < -0.39 is 18.2 Å². The van der Waals surface area contributed by atoms with E-state index in [0.717, 1.165) is 12.8 Å². The first-order valence-electron chi connectivity index (χ1n) is 10.9. The first kappa shape index (κ1) is 22.1. The lowest BCUT2D eigenvalue weighted by atomic mass is 9.96. The van der Waals surface area contributed by atoms with E-state index in [-0.39, 0.29) is 11.8 Å². The highest BCUT2D eigenvalue weighted by Crippen LogP contribution is 2.29. The van der Waals surface area contributed by atoms with E-state index in [9.17, 15) is 14.3 Å². The van der Waals surface area contributed by atoms with Gasteiger partial charge in [0.1, 0.15) is 6.17 Å². The molecule has 1 fully saturated rings. The van der Waals surface area contributed by atoms with Gasteiger partial charge < -0.3 is 5.11 Å². The molecule has 0 radical (unpaired) electrons. The second-order valence-corrected chi connectivity index (χ2v) is 9.16. The van der Waals surface area contributed by atoms with E-state index in [1.165, 1.54) is 11.1 Å². The van der Waals surface area contributed by atoms with Gasteiger partial charge in [-0.1, -0.05) is 48.0 Å². The summed E-state index contributed by atoms with van der Waals surface area (Å²) in [5, 5.41) is 11.5. The fourth-order valence-electron chi connectivity index (χ4n) is 4.69. The molecule has 1 aliphatic heterocycles. The van der Waals surface area contributed by atoms with Crippen molar-refractivity contribution in [1.29, 1.82) is 0 Å². The average Bonchev–Trinajstić information content (AvgIpc) is 3.35. The fourth-order valence-corrected chi connectivity index (χ4v) is 4.89. The molecule has 1 amide bonds. The molecular formula is C25H28ClFN2O2. The Kier molecular flexibility index (Phi) is 7.16. The van der Waals surface area contributed by atoms with Gasteiger partial charge in [-0.15, -0.1) is 0 Å². The van der Waals surface area contributed by atoms with E-state index in [1.54, 1.807) is 30.5 Å². The molecule has 1 heterocycles. The van der Waals surface area contributed by atoms with Gasteiger partial charge in [0, 0.05) is 43.2 Å². The lowest BCUT2D eigenvalue weighted by Gasteiger charge is -2.25. The third-order valence-corrected chi connectivity index (χ3v) is 6.52. The molecule has 0 saturated carbocycles. The number of rotatable bonds is 7. The summed E-state index contributed by atoms with van der Waals surface area (Å²) in [5.41, 5.74) is 3.29. The minimum atomic E-state index is -0.871. The number of nitrogens with zero attached hydrogens (tertiary/aromatic N) is 2. The highest BCUT2D eigenvalue weighted by molar-refractivity contribution is 6.30. The molecule has 4 rings (SSSR count). The first-order valence-corrected chi connectivity index (χ1v) is 11.3. The maximum absolute atomic E-state index is 13.6. The topological polar surface area (TPSA) is 52.9 Å². The van der Waals surface area contributed by atoms with Crippen LogP contribution in [0.15, 0.2) is 53.5 Å². The zero-order valence-corrected chi connectivity index (χ0v) is 18.2. The molecule has 0 aromatic heterocycles. The minimum absolute atomic E-state index is 0.175. The van der Waals surface area contributed by atoms with Crippen LogP contribution in [0.5, 0.6) is 0 Å². The first-order chi connectivity index (χ1) is 15.0. The van der Waals surface area contributed by atoms with E-state index in [4.69, 9.17) is 11.6 Å². The number of alkyl halides is 1. The Labute approximate surface area is 187 Å². The molecule has 6 heteroatoms. The Hall–Kier alpha value is -2.08. The summed E-state index contributed by atoms with van der Waals surface area (Å²) < 4.78 is 13.6. The molecule has 3 unspecified atom stereocenters. The van der Waals surface area contributed by atoms with Crippen molar-refractivity contribution in [1.82, 2.24) is 4.90 Å². The van der Waals surface area contributed by atoms with Gasteiger partial charge in [0.15, 0.2) is 0 Å². The van der Waals surface area contributed by atoms with E-state index in [0.29, 0.717) is 43.1 Å². The van der Waals surface area contributed by atoms with Crippen LogP contribution in [-0.2, 0) is 17.6 Å². The summed E-state index contributed by atoms with van der Waals surface area (Å²) in [4.78, 5) is 18.8. The quantitative estimate of drug-likeness (QED) is 0.645. The Morgan fingerprint density at radius 3 is 2.61 bits per heavy atom. The smallest absolute Gasteiger partial charge is 0.245 e. The number of fused-ring (bicyclic) bond motifs is 1. The van der Waals surface area contributed by atoms with Crippen molar-refractivity contribution in [2.45, 2.75) is 38.0 Å². The van der Waals surface area contributed by atoms with Gasteiger partial charge in [0.2, 0.25) is 5.91 Å². The average molecular weight is 443 g/mol. The second kappa shape index (κ2) is 10.0. The van der Waals surface area contributed by atoms with Gasteiger partial charge in [0.05, 0.1) is 6.10 Å². The normalized spacial score (nSPS) is 21.5. The Bertz CT molecular complexity index is 926. The van der Waals surface area contributed by atoms with Crippen LogP contribution in [0.4, 0.5) is 4.39 Å². The fraction of sp³-hybridized carbons (Fsp3) is 0.440. The Balaban J connectivity index is 1.42. The van der Waals surface area contributed by atoms with Crippen molar-refractivity contribution in [3.63, 3.8) is 0 Å². The monoisotopic (exact) mass is 442 g/mol. The zero-order chi connectivity index (χ0) is 21.8. The van der Waals surface area contributed by atoms with Crippen LogP contribution < -0.4 is 0 Å². The molecule has 0 bridgehead atoms. The highest BCUT2D eigenvalue weighted by atomic mass is 35.5. The van der Waals surface area contributed by atoms with Gasteiger partial charge in [-0.3, -0.25) is 9.69 Å². The number of amides is 1. The van der Waals surface area contributed by atoms with Crippen LogP contribution in [0.2, 0.25) is 5.02 Å². The molecule has 3 atom stereocenters. The van der Waals surface area contributed by atoms with Crippen molar-refractivity contribution in [2.24, 2.45) is 16.8 Å². The molecule has 0 spiro atoms. The van der Waals surface area contributed by atoms with Gasteiger partial charge >= 0.3 is 0 Å². The van der Waals surface area contributed by atoms with Crippen molar-refractivity contribution in [2.75, 3.05) is 19.6 Å². The van der Waals surface area contributed by atoms with Gasteiger partial charge in [0.25, 0.3) is 0 Å². The maximum Gasteiger partial charge on any atom is 0.245 e. The van der Waals surface area contributed by atoms with Crippen LogP contribution in [0.25, 0.3) is 0 Å². The van der Waals surface area contributed by atoms with Crippen LogP contribution in [0.1, 0.15) is 35.6 Å². The predicted octanol–water partition coefficient (Wildman–Crippen LogP) is 4.44. The predicted molar refractivity (Wildman–Crippen MR) is 121 cm³/mol. The van der Waals surface area contributed by atoms with Gasteiger partial charge in [-0.25, -0.2) is 9.38 Å². The number of aliphatic hydroxyl groups is 1. The van der Waals surface area contributed by atoms with Gasteiger partial charge in [-0.05, 0) is 54.0 Å². The molecule has 2 aromatic rings. The Morgan fingerprint density at radius 2 is 1.97 bits per heavy atom. The van der Waals surface area contributed by atoms with Crippen LogP contribution in [-0.4, -0.2) is 47.9 Å². The van der Waals surface area contributed by atoms with E-state index >= 15 is 0 Å². The number of carbonyl (C=O) groups excluding carboxylic acids is 1. The van der Waals surface area contributed by atoms with Crippen LogP contribution in [0.3, 0.4) is 0 Å². The SMILES string of the molecule is O=C(CC1Cc2ccccc2C1)/N=C/C(CN1CCC(F)C1)C(O)c1cccc(Cl)c1. The van der Waals surface area contributed by atoms with E-state index in [2.05, 4.69) is 17.1 Å². The summed E-state index contributed by atoms with van der Waals surface area (Å²) >= 11 is 6.09. The number of carbonyl (C=O) groups is 1. The molecule has 2 aliphatic rings. The number of aliphatic imine (C=N–C) groups is 1. The van der Waals surface area contributed by atoms with Crippen molar-refractivity contribution >= 4 is 23.7 Å². The maximum atomic E-state index is 13.6. The second-order valence-electron chi connectivity index (χ2n) is 8.73. The van der Waals surface area contributed by atoms with Crippen molar-refractivity contribution in [3.8, 4) is 0 Å². The van der Waals surface area contributed by atoms with Crippen LogP contribution in [0, 0.1) is 11.8 Å². The molecule has 1 N–H and O–H groups in total. The number of likely N-dealkylation sites (tertiary alicyclic amines) is 1. The number of halogens is 2. The summed E-state index contributed by atoms with van der Waals surface area (Å²) in [6, 6.07) is 15.4. The molecule has 4 nitrogen and oxygen atoms in total. The zero-order valence-electron chi connectivity index (χ0n) is 17.5. The lowest BCUT2D eigenvalue weighted by molar-refractivity contribution is -0.118. The number of hydrogen-bond acceptors (Lipinski definition) is 3. The molecule has 1 saturated heterocycles. The largest absolute Gasteiger partial charge is 0.388 e. The van der Waals surface area contributed by atoms with Gasteiger partial charge in [-0.2, -0.15) is 0 Å². The summed E-state index contributed by atoms with van der Waals surface area (Å²) in [5.74, 6) is -0.330. The third-order valence-electron chi connectivity index (χ3n) is 6.29. The lowest BCUT2D eigenvalue weighted by Crippen LogP contribution is -2.32. The molecule has 31 heavy (non-hydrogen) atoms. The van der Waals surface area contributed by atoms with E-state index in [1.807, 2.05) is 17.0 Å². The molecule has 2 aromatic carbocycles. The van der Waals surface area contributed by atoms with Crippen molar-refractivity contribution in [3.05, 3.63) is 70.2 Å². The Morgan fingerprint density at radius 1 is 1.23 bits per heavy atom. The number of benzene rings is 2. The molecular weight excluding hydrogens is 415 g/mol.